The Bertz CT molecular complexity index is 434. The molecule has 1 aliphatic rings. The number of hydrogen-bond acceptors (Lipinski definition) is 3. The van der Waals surface area contributed by atoms with Crippen molar-refractivity contribution in [3.8, 4) is 11.5 Å². The number of ether oxygens (including phenoxy) is 2. The molecular formula is C16H22O3. The normalized spacial score (nSPS) is 15.5. The second-order valence-electron chi connectivity index (χ2n) is 5.15. The molecule has 104 valence electrons. The van der Waals surface area contributed by atoms with Crippen LogP contribution in [0.4, 0.5) is 0 Å². The third kappa shape index (κ3) is 3.28. The highest BCUT2D eigenvalue weighted by molar-refractivity contribution is 5.99. The first-order valence-electron chi connectivity index (χ1n) is 7.00. The van der Waals surface area contributed by atoms with Gasteiger partial charge in [0.1, 0.15) is 0 Å². The largest absolute Gasteiger partial charge is 0.493 e. The Hall–Kier alpha value is -1.51. The number of carbonyl (C=O) groups excluding carboxylic acids is 1. The average Bonchev–Trinajstić information content (AvgIpc) is 2.97. The van der Waals surface area contributed by atoms with E-state index in [-0.39, 0.29) is 5.78 Å². The van der Waals surface area contributed by atoms with Crippen molar-refractivity contribution in [2.75, 3.05) is 14.2 Å². The molecule has 2 rings (SSSR count). The molecule has 19 heavy (non-hydrogen) atoms. The van der Waals surface area contributed by atoms with E-state index in [0.29, 0.717) is 23.5 Å². The molecule has 0 unspecified atom stereocenters. The predicted octanol–water partition coefficient (Wildman–Crippen LogP) is 3.86. The third-order valence-electron chi connectivity index (χ3n) is 3.96. The first kappa shape index (κ1) is 13.9. The Labute approximate surface area is 114 Å². The lowest BCUT2D eigenvalue weighted by molar-refractivity contribution is 0.0970. The summed E-state index contributed by atoms with van der Waals surface area (Å²) in [5.41, 5.74) is 0.639. The Balaban J connectivity index is 2.05. The summed E-state index contributed by atoms with van der Waals surface area (Å²) in [6, 6.07) is 5.47. The van der Waals surface area contributed by atoms with Gasteiger partial charge in [-0.25, -0.2) is 0 Å². The monoisotopic (exact) mass is 262 g/mol. The molecule has 0 bridgehead atoms. The number of methoxy groups -OCH3 is 2. The van der Waals surface area contributed by atoms with Gasteiger partial charge in [0.05, 0.1) is 19.8 Å². The molecule has 0 atom stereocenters. The molecule has 0 N–H and O–H groups in total. The number of hydrogen-bond donors (Lipinski definition) is 0. The molecule has 0 radical (unpaired) electrons. The van der Waals surface area contributed by atoms with Gasteiger partial charge in [-0.05, 0) is 24.5 Å². The van der Waals surface area contributed by atoms with E-state index >= 15 is 0 Å². The highest BCUT2D eigenvalue weighted by Crippen LogP contribution is 2.33. The quantitative estimate of drug-likeness (QED) is 0.730. The summed E-state index contributed by atoms with van der Waals surface area (Å²) in [7, 11) is 3.16. The maximum absolute atomic E-state index is 12.3. The van der Waals surface area contributed by atoms with Crippen LogP contribution in [0.3, 0.4) is 0 Å². The highest BCUT2D eigenvalue weighted by atomic mass is 16.5. The lowest BCUT2D eigenvalue weighted by atomic mass is 9.97. The zero-order chi connectivity index (χ0) is 13.7. The van der Waals surface area contributed by atoms with Crippen LogP contribution in [0.25, 0.3) is 0 Å². The number of ketones is 1. The highest BCUT2D eigenvalue weighted by Gasteiger charge is 2.19. The number of para-hydroxylation sites is 1. The van der Waals surface area contributed by atoms with Crippen molar-refractivity contribution < 1.29 is 14.3 Å². The molecule has 0 aliphatic heterocycles. The van der Waals surface area contributed by atoms with E-state index in [9.17, 15) is 4.79 Å². The van der Waals surface area contributed by atoms with Gasteiger partial charge in [-0.1, -0.05) is 31.7 Å². The van der Waals surface area contributed by atoms with Crippen molar-refractivity contribution in [3.63, 3.8) is 0 Å². The van der Waals surface area contributed by atoms with Crippen LogP contribution in [0, 0.1) is 5.92 Å². The summed E-state index contributed by atoms with van der Waals surface area (Å²) < 4.78 is 10.5. The van der Waals surface area contributed by atoms with Gasteiger partial charge in [0.15, 0.2) is 17.3 Å². The van der Waals surface area contributed by atoms with Crippen LogP contribution in [0.15, 0.2) is 18.2 Å². The topological polar surface area (TPSA) is 35.5 Å². The van der Waals surface area contributed by atoms with Gasteiger partial charge < -0.3 is 9.47 Å². The Kier molecular flexibility index (Phi) is 4.83. The van der Waals surface area contributed by atoms with Crippen molar-refractivity contribution in [1.29, 1.82) is 0 Å². The molecule has 1 aliphatic carbocycles. The average molecular weight is 262 g/mol. The molecule has 0 saturated heterocycles. The molecule has 1 aromatic carbocycles. The van der Waals surface area contributed by atoms with Crippen LogP contribution >= 0.6 is 0 Å². The minimum atomic E-state index is 0.155. The summed E-state index contributed by atoms with van der Waals surface area (Å²) >= 11 is 0. The summed E-state index contributed by atoms with van der Waals surface area (Å²) in [6.07, 6.45) is 6.81. The Morgan fingerprint density at radius 1 is 1.21 bits per heavy atom. The first-order valence-corrected chi connectivity index (χ1v) is 7.00. The van der Waals surface area contributed by atoms with Crippen LogP contribution in [0.1, 0.15) is 48.9 Å². The molecule has 3 heteroatoms. The minimum absolute atomic E-state index is 0.155. The summed E-state index contributed by atoms with van der Waals surface area (Å²) in [5, 5.41) is 0. The molecule has 0 heterocycles. The number of rotatable bonds is 6. The van der Waals surface area contributed by atoms with Crippen molar-refractivity contribution in [2.45, 2.75) is 38.5 Å². The maximum atomic E-state index is 12.3. The molecule has 1 saturated carbocycles. The SMILES string of the molecule is COc1cccc(C(=O)CCC2CCCC2)c1OC. The van der Waals surface area contributed by atoms with Crippen LogP contribution in [0.2, 0.25) is 0 Å². The summed E-state index contributed by atoms with van der Waals surface area (Å²) in [4.78, 5) is 12.3. The van der Waals surface area contributed by atoms with E-state index in [1.165, 1.54) is 25.7 Å². The fraction of sp³-hybridized carbons (Fsp3) is 0.562. The Morgan fingerprint density at radius 3 is 2.58 bits per heavy atom. The number of carbonyl (C=O) groups is 1. The zero-order valence-electron chi connectivity index (χ0n) is 11.8. The minimum Gasteiger partial charge on any atom is -0.493 e. The third-order valence-corrected chi connectivity index (χ3v) is 3.96. The molecule has 1 aromatic rings. The van der Waals surface area contributed by atoms with Gasteiger partial charge in [-0.3, -0.25) is 4.79 Å². The van der Waals surface area contributed by atoms with E-state index in [1.54, 1.807) is 14.2 Å². The van der Waals surface area contributed by atoms with Crippen LogP contribution in [-0.4, -0.2) is 20.0 Å². The van der Waals surface area contributed by atoms with E-state index in [1.807, 2.05) is 18.2 Å². The van der Waals surface area contributed by atoms with Crippen LogP contribution in [-0.2, 0) is 0 Å². The summed E-state index contributed by atoms with van der Waals surface area (Å²) in [5.74, 6) is 2.07. The molecular weight excluding hydrogens is 240 g/mol. The Morgan fingerprint density at radius 2 is 1.95 bits per heavy atom. The lowest BCUT2D eigenvalue weighted by Crippen LogP contribution is -2.06. The molecule has 0 spiro atoms. The smallest absolute Gasteiger partial charge is 0.171 e. The second kappa shape index (κ2) is 6.60. The molecule has 3 nitrogen and oxygen atoms in total. The molecule has 1 fully saturated rings. The van der Waals surface area contributed by atoms with E-state index in [2.05, 4.69) is 0 Å². The van der Waals surface area contributed by atoms with E-state index < -0.39 is 0 Å². The van der Waals surface area contributed by atoms with Crippen LogP contribution in [0.5, 0.6) is 11.5 Å². The second-order valence-corrected chi connectivity index (χ2v) is 5.15. The van der Waals surface area contributed by atoms with Gasteiger partial charge in [0, 0.05) is 6.42 Å². The van der Waals surface area contributed by atoms with Crippen molar-refractivity contribution in [3.05, 3.63) is 23.8 Å². The van der Waals surface area contributed by atoms with Gasteiger partial charge >= 0.3 is 0 Å². The van der Waals surface area contributed by atoms with E-state index in [0.717, 1.165) is 12.3 Å². The van der Waals surface area contributed by atoms with E-state index in [4.69, 9.17) is 9.47 Å². The van der Waals surface area contributed by atoms with Gasteiger partial charge in [-0.2, -0.15) is 0 Å². The first-order chi connectivity index (χ1) is 9.26. The van der Waals surface area contributed by atoms with Crippen LogP contribution < -0.4 is 9.47 Å². The van der Waals surface area contributed by atoms with Gasteiger partial charge in [0.25, 0.3) is 0 Å². The van der Waals surface area contributed by atoms with Gasteiger partial charge in [0.2, 0.25) is 0 Å². The predicted molar refractivity (Wildman–Crippen MR) is 75.1 cm³/mol. The summed E-state index contributed by atoms with van der Waals surface area (Å²) in [6.45, 7) is 0. The fourth-order valence-electron chi connectivity index (χ4n) is 2.88. The molecule has 0 aromatic heterocycles. The number of benzene rings is 1. The molecule has 0 amide bonds. The zero-order valence-corrected chi connectivity index (χ0v) is 11.8. The maximum Gasteiger partial charge on any atom is 0.171 e. The van der Waals surface area contributed by atoms with Crippen molar-refractivity contribution in [2.24, 2.45) is 5.92 Å². The van der Waals surface area contributed by atoms with Gasteiger partial charge in [-0.15, -0.1) is 0 Å². The fourth-order valence-corrected chi connectivity index (χ4v) is 2.88. The lowest BCUT2D eigenvalue weighted by Gasteiger charge is -2.13. The standard InChI is InChI=1S/C16H22O3/c1-18-15-9-5-8-13(16(15)19-2)14(17)11-10-12-6-3-4-7-12/h5,8-9,12H,3-4,6-7,10-11H2,1-2H3. The number of Topliss-reactive ketones (excluding diaryl/α,β-unsaturated/α-hetero) is 1. The van der Waals surface area contributed by atoms with Crippen molar-refractivity contribution in [1.82, 2.24) is 0 Å². The van der Waals surface area contributed by atoms with Crippen molar-refractivity contribution >= 4 is 5.78 Å².